The maximum Gasteiger partial charge on any atom is 0.187 e. The van der Waals surface area contributed by atoms with Crippen LogP contribution in [0.15, 0.2) is 0 Å². The molecule has 0 aromatic rings. The zero-order chi connectivity index (χ0) is 66.9. The Morgan fingerprint density at radius 3 is 0.609 bits per heavy atom. The predicted octanol–water partition coefficient (Wildman–Crippen LogP) is -4.65. The molecule has 16 bridgehead atoms. The molecule has 0 aromatic carbocycles. The Hall–Kier alpha value is -1.28. The number of rotatable bonds is 8. The summed E-state index contributed by atoms with van der Waals surface area (Å²) in [6.07, 6.45) is -57.2. The molecule has 92 heavy (non-hydrogen) atoms. The molecule has 40 atom stereocenters. The molecule has 27 aliphatic heterocycles. The normalized spacial score (nSPS) is 54.0. The topological polar surface area (TPSA) is 471 Å². The van der Waals surface area contributed by atoms with Crippen LogP contribution < -0.4 is 0 Å². The lowest BCUT2D eigenvalue weighted by molar-refractivity contribution is -0.396. The summed E-state index contributed by atoms with van der Waals surface area (Å²) in [6.45, 7) is 13.6. The highest BCUT2D eigenvalue weighted by Crippen LogP contribution is 2.41. The molecule has 27 aliphatic rings. The van der Waals surface area contributed by atoms with Crippen LogP contribution in [-0.2, 0) is 75.8 Å². The van der Waals surface area contributed by atoms with E-state index in [4.69, 9.17) is 75.8 Å². The van der Waals surface area contributed by atoms with E-state index in [2.05, 4.69) is 0 Å². The van der Waals surface area contributed by atoms with Crippen LogP contribution in [0.25, 0.3) is 0 Å². The number of aliphatic hydroxyl groups excluding tert-OH is 16. The van der Waals surface area contributed by atoms with Crippen molar-refractivity contribution in [2.24, 2.45) is 5.92 Å². The van der Waals surface area contributed by atoms with Gasteiger partial charge in [0.05, 0.1) is 54.9 Å². The maximum absolute atomic E-state index is 11.7. The lowest BCUT2D eigenvalue weighted by atomic mass is 9.84. The second-order valence-electron chi connectivity index (χ2n) is 25.7. The smallest absolute Gasteiger partial charge is 0.187 e. The Morgan fingerprint density at radius 1 is 0.207 bits per heavy atom. The van der Waals surface area contributed by atoms with Crippen molar-refractivity contribution in [2.45, 2.75) is 366 Å². The zero-order valence-corrected chi connectivity index (χ0v) is 53.3. The Morgan fingerprint density at radius 2 is 0.391 bits per heavy atom. The first-order valence-electron chi connectivity index (χ1n) is 33.2. The highest BCUT2D eigenvalue weighted by molar-refractivity contribution is 5.02. The summed E-state index contributed by atoms with van der Waals surface area (Å²) in [7, 11) is 0. The second kappa shape index (κ2) is 32.8. The fraction of sp³-hybridized carbons (Fsp3) is 1.00. The predicted molar refractivity (Wildman–Crippen MR) is 305 cm³/mol. The minimum atomic E-state index is -1.92. The molecule has 0 radical (unpaired) electrons. The van der Waals surface area contributed by atoms with Gasteiger partial charge >= 0.3 is 0 Å². The average molecular weight is 1340 g/mol. The summed E-state index contributed by atoms with van der Waals surface area (Å²) in [5.74, 6) is -0.612. The van der Waals surface area contributed by atoms with Crippen LogP contribution in [0, 0.1) is 5.92 Å². The molecule has 32 heteroatoms. The van der Waals surface area contributed by atoms with Gasteiger partial charge in [-0.1, -0.05) is 61.8 Å². The van der Waals surface area contributed by atoms with E-state index in [-0.39, 0.29) is 51.6 Å². The van der Waals surface area contributed by atoms with E-state index < -0.39 is 245 Å². The number of ether oxygens (including phenoxy) is 16. The van der Waals surface area contributed by atoms with E-state index >= 15 is 0 Å². The van der Waals surface area contributed by atoms with Gasteiger partial charge in [0.25, 0.3) is 0 Å². The molecule has 0 aliphatic carbocycles. The van der Waals surface area contributed by atoms with Gasteiger partial charge in [-0.15, -0.1) is 0 Å². The average Bonchev–Trinajstić information content (AvgIpc) is 0.789. The number of hydrogen-bond donors (Lipinski definition) is 16. The van der Waals surface area contributed by atoms with Crippen LogP contribution >= 0.6 is 0 Å². The SMILES string of the molecule is CCC1O[C@@H]2O[C@@H]3C(CC)O[C@H](O[C@@H]4C(CC)O[C@H](O[C@@H]5C(CC)O[C@H](O[C@@H]6C(CC)O[C@H](O[C@@H]7C(CC)O[C@H](O[C@@H]8C(CC)O[C@H](O[C@@H]9C(CC)O[C@H](OCCCC[C@H]1[C@H](O)C2O)C(O)[C@H]9O)C(O)[C@H]8O)C(O)[C@H]7O)C(O)[C@H]6O)C(O)[C@H]5O)C(O)[C@H]4O)C(O)[C@H]3O. The summed E-state index contributed by atoms with van der Waals surface area (Å²) in [4.78, 5) is 0. The van der Waals surface area contributed by atoms with Crippen molar-refractivity contribution in [3.63, 3.8) is 0 Å². The van der Waals surface area contributed by atoms with Crippen LogP contribution in [0.1, 0.15) is 126 Å². The van der Waals surface area contributed by atoms with E-state index in [1.807, 2.05) is 6.92 Å². The molecule has 0 aromatic heterocycles. The van der Waals surface area contributed by atoms with E-state index in [0.717, 1.165) is 0 Å². The van der Waals surface area contributed by atoms with Crippen LogP contribution in [0.4, 0.5) is 0 Å². The Kier molecular flexibility index (Phi) is 26.7. The van der Waals surface area contributed by atoms with Crippen molar-refractivity contribution in [1.29, 1.82) is 0 Å². The van der Waals surface area contributed by atoms with E-state index in [1.165, 1.54) is 0 Å². The van der Waals surface area contributed by atoms with E-state index in [1.54, 1.807) is 48.5 Å². The zero-order valence-electron chi connectivity index (χ0n) is 53.3. The fourth-order valence-electron chi connectivity index (χ4n) is 14.2. The molecule has 0 amide bonds. The molecule has 536 valence electrons. The lowest BCUT2D eigenvalue weighted by Gasteiger charge is -2.50. The third-order valence-electron chi connectivity index (χ3n) is 19.8. The Bertz CT molecular complexity index is 2200. The minimum absolute atomic E-state index is 0.0153. The van der Waals surface area contributed by atoms with Crippen LogP contribution in [-0.4, -0.2) is 328 Å². The summed E-state index contributed by atoms with van der Waals surface area (Å²) in [5.41, 5.74) is 0. The highest BCUT2D eigenvalue weighted by Gasteiger charge is 2.59. The monoisotopic (exact) mass is 1340 g/mol. The molecular weight excluding hydrogens is 1230 g/mol. The van der Waals surface area contributed by atoms with Gasteiger partial charge in [-0.3, -0.25) is 0 Å². The standard InChI is InChI=1S/C60H104O32/c1-9-22-21-19-17-18-20-77-53-39(70)31(62)46(23(10-2)79-53)87-55-41(72)33(64)48(25(12-4)81-55)89-57-43(74)35(66)50(27(14-6)83-57)91-59-45(76)37(68)52(29(16-8)85-59)92-60-44(75)36(67)51(28(15-7)84-60)90-58-42(73)34(65)49(26(13-5)82-58)88-56-40(71)32(63)47(24(11-3)80-56)86-54(78-22)38(69)30(21)61/h21-76H,9-20H2,1-8H3/t21-,22?,23?,24?,25?,26?,27?,28?,29?,30+,31-,32-,33-,34-,35-,36-,37-,38?,39?,40?,41?,42?,43?,44?,45?,46-,47-,48-,49-,50-,51-,52-,53+,54-,55-,56-,57-,58-,59-,60-/m1/s1. The summed E-state index contributed by atoms with van der Waals surface area (Å²) in [6, 6.07) is 0. The van der Waals surface area contributed by atoms with Gasteiger partial charge in [0.1, 0.15) is 134 Å². The van der Waals surface area contributed by atoms with Crippen molar-refractivity contribution in [2.75, 3.05) is 6.61 Å². The lowest BCUT2D eigenvalue weighted by Crippen LogP contribution is -2.67. The van der Waals surface area contributed by atoms with Crippen molar-refractivity contribution < 1.29 is 157 Å². The molecule has 0 saturated carbocycles. The molecule has 27 fully saturated rings. The van der Waals surface area contributed by atoms with Gasteiger partial charge in [-0.2, -0.15) is 0 Å². The Balaban J connectivity index is 0.933. The molecule has 27 heterocycles. The van der Waals surface area contributed by atoms with Crippen molar-refractivity contribution in [3.8, 4) is 0 Å². The first-order valence-corrected chi connectivity index (χ1v) is 33.2. The van der Waals surface area contributed by atoms with Crippen LogP contribution in [0.2, 0.25) is 0 Å². The highest BCUT2D eigenvalue weighted by atomic mass is 16.8. The van der Waals surface area contributed by atoms with Gasteiger partial charge in [-0.05, 0) is 64.2 Å². The summed E-state index contributed by atoms with van der Waals surface area (Å²) >= 11 is 0. The van der Waals surface area contributed by atoms with Crippen LogP contribution in [0.3, 0.4) is 0 Å². The van der Waals surface area contributed by atoms with Crippen molar-refractivity contribution >= 4 is 0 Å². The maximum atomic E-state index is 11.7. The fourth-order valence-corrected chi connectivity index (χ4v) is 14.2. The summed E-state index contributed by atoms with van der Waals surface area (Å²) in [5, 5.41) is 185. The number of aliphatic hydroxyl groups is 16. The molecule has 27 rings (SSSR count). The van der Waals surface area contributed by atoms with Gasteiger partial charge < -0.3 is 157 Å². The summed E-state index contributed by atoms with van der Waals surface area (Å²) < 4.78 is 98.1. The van der Waals surface area contributed by atoms with E-state index in [9.17, 15) is 81.7 Å². The van der Waals surface area contributed by atoms with Gasteiger partial charge in [0, 0.05) is 12.5 Å². The molecule has 0 spiro atoms. The third-order valence-corrected chi connectivity index (χ3v) is 19.8. The van der Waals surface area contributed by atoms with Crippen molar-refractivity contribution in [3.05, 3.63) is 0 Å². The number of hydrogen-bond acceptors (Lipinski definition) is 32. The van der Waals surface area contributed by atoms with E-state index in [0.29, 0.717) is 25.7 Å². The molecule has 32 nitrogen and oxygen atoms in total. The van der Waals surface area contributed by atoms with Gasteiger partial charge in [-0.25, -0.2) is 0 Å². The first kappa shape index (κ1) is 74.9. The van der Waals surface area contributed by atoms with Gasteiger partial charge in [0.2, 0.25) is 0 Å². The van der Waals surface area contributed by atoms with Gasteiger partial charge in [0.15, 0.2) is 50.3 Å². The quantitative estimate of drug-likeness (QED) is 0.109. The second-order valence-corrected chi connectivity index (χ2v) is 25.7. The van der Waals surface area contributed by atoms with Crippen LogP contribution in [0.5, 0.6) is 0 Å². The molecular formula is C60H104O32. The molecule has 16 unspecified atom stereocenters. The third kappa shape index (κ3) is 15.4. The Labute approximate surface area is 534 Å². The first-order chi connectivity index (χ1) is 43.9. The van der Waals surface area contributed by atoms with Crippen molar-refractivity contribution in [1.82, 2.24) is 0 Å². The molecule has 27 saturated heterocycles. The largest absolute Gasteiger partial charge is 0.390 e. The minimum Gasteiger partial charge on any atom is -0.390 e. The molecule has 16 N–H and O–H groups in total.